The summed E-state index contributed by atoms with van der Waals surface area (Å²) in [7, 11) is 0. The first-order chi connectivity index (χ1) is 9.17. The summed E-state index contributed by atoms with van der Waals surface area (Å²) in [5, 5.41) is 3.42. The molecule has 2 nitrogen and oxygen atoms in total. The maximum Gasteiger partial charge on any atom is 0.127 e. The highest BCUT2D eigenvalue weighted by Crippen LogP contribution is 2.17. The van der Waals surface area contributed by atoms with E-state index in [1.807, 2.05) is 19.1 Å². The van der Waals surface area contributed by atoms with Crippen molar-refractivity contribution in [1.82, 2.24) is 5.32 Å². The first-order valence-electron chi connectivity index (χ1n) is 6.92. The van der Waals surface area contributed by atoms with Crippen LogP contribution in [-0.4, -0.2) is 25.8 Å². The van der Waals surface area contributed by atoms with Crippen molar-refractivity contribution in [3.05, 3.63) is 34.1 Å². The molecule has 0 aliphatic rings. The monoisotopic (exact) mass is 331 g/mol. The number of hydrogen-bond acceptors (Lipinski definition) is 2. The molecule has 0 heterocycles. The fraction of sp³-hybridized carbons (Fsp3) is 0.600. The molecule has 0 spiro atoms. The molecule has 0 aliphatic carbocycles. The Hall–Kier alpha value is -0.450. The standard InChI is InChI=1S/C15H23BrFNO/c1-3-18-14(6-5-9-19-4-2)10-12-7-8-13(16)11-15(12)17/h7-8,11,14,18H,3-6,9-10H2,1-2H3. The molecule has 1 unspecified atom stereocenters. The maximum absolute atomic E-state index is 13.8. The summed E-state index contributed by atoms with van der Waals surface area (Å²) in [5.41, 5.74) is 0.769. The van der Waals surface area contributed by atoms with Crippen molar-refractivity contribution in [2.45, 2.75) is 39.2 Å². The van der Waals surface area contributed by atoms with Gasteiger partial charge in [-0.3, -0.25) is 0 Å². The van der Waals surface area contributed by atoms with Crippen molar-refractivity contribution in [3.63, 3.8) is 0 Å². The predicted octanol–water partition coefficient (Wildman–Crippen LogP) is 3.93. The van der Waals surface area contributed by atoms with Gasteiger partial charge >= 0.3 is 0 Å². The molecule has 1 N–H and O–H groups in total. The van der Waals surface area contributed by atoms with Gasteiger partial charge in [0.25, 0.3) is 0 Å². The van der Waals surface area contributed by atoms with E-state index >= 15 is 0 Å². The summed E-state index contributed by atoms with van der Waals surface area (Å²) in [6.07, 6.45) is 2.73. The summed E-state index contributed by atoms with van der Waals surface area (Å²) in [6, 6.07) is 5.58. The SMILES string of the molecule is CCNC(CCCOCC)Cc1ccc(Br)cc1F. The van der Waals surface area contributed by atoms with E-state index in [0.717, 1.165) is 49.1 Å². The van der Waals surface area contributed by atoms with Gasteiger partial charge in [-0.05, 0) is 50.4 Å². The van der Waals surface area contributed by atoms with Crippen molar-refractivity contribution in [1.29, 1.82) is 0 Å². The molecule has 0 aromatic heterocycles. The molecular weight excluding hydrogens is 309 g/mol. The van der Waals surface area contributed by atoms with E-state index in [1.54, 1.807) is 0 Å². The number of rotatable bonds is 9. The molecule has 0 aliphatic heterocycles. The topological polar surface area (TPSA) is 21.3 Å². The highest BCUT2D eigenvalue weighted by molar-refractivity contribution is 9.10. The van der Waals surface area contributed by atoms with Crippen LogP contribution in [0.15, 0.2) is 22.7 Å². The van der Waals surface area contributed by atoms with Crippen LogP contribution in [0.25, 0.3) is 0 Å². The lowest BCUT2D eigenvalue weighted by Gasteiger charge is -2.18. The van der Waals surface area contributed by atoms with E-state index in [-0.39, 0.29) is 5.82 Å². The summed E-state index contributed by atoms with van der Waals surface area (Å²) in [5.74, 6) is -0.137. The Morgan fingerprint density at radius 1 is 1.37 bits per heavy atom. The number of halogens is 2. The Morgan fingerprint density at radius 2 is 2.16 bits per heavy atom. The van der Waals surface area contributed by atoms with Gasteiger partial charge in [0, 0.05) is 23.7 Å². The van der Waals surface area contributed by atoms with Gasteiger partial charge in [0.2, 0.25) is 0 Å². The largest absolute Gasteiger partial charge is 0.382 e. The lowest BCUT2D eigenvalue weighted by molar-refractivity contribution is 0.140. The zero-order chi connectivity index (χ0) is 14.1. The zero-order valence-electron chi connectivity index (χ0n) is 11.7. The van der Waals surface area contributed by atoms with Gasteiger partial charge in [-0.2, -0.15) is 0 Å². The van der Waals surface area contributed by atoms with Crippen LogP contribution in [0.5, 0.6) is 0 Å². The van der Waals surface area contributed by atoms with E-state index in [4.69, 9.17) is 4.74 Å². The van der Waals surface area contributed by atoms with Crippen LogP contribution < -0.4 is 5.32 Å². The minimum absolute atomic E-state index is 0.137. The first-order valence-corrected chi connectivity index (χ1v) is 7.71. The van der Waals surface area contributed by atoms with E-state index < -0.39 is 0 Å². The lowest BCUT2D eigenvalue weighted by atomic mass is 10.0. The summed E-state index contributed by atoms with van der Waals surface area (Å²) >= 11 is 3.28. The van der Waals surface area contributed by atoms with Crippen LogP contribution in [0, 0.1) is 5.82 Å². The highest BCUT2D eigenvalue weighted by atomic mass is 79.9. The number of nitrogens with one attached hydrogen (secondary N) is 1. The van der Waals surface area contributed by atoms with Crippen LogP contribution in [-0.2, 0) is 11.2 Å². The molecule has 0 fully saturated rings. The highest BCUT2D eigenvalue weighted by Gasteiger charge is 2.11. The molecule has 108 valence electrons. The van der Waals surface area contributed by atoms with E-state index in [9.17, 15) is 4.39 Å². The van der Waals surface area contributed by atoms with E-state index in [1.165, 1.54) is 6.07 Å². The number of ether oxygens (including phenoxy) is 1. The third kappa shape index (κ3) is 6.50. The fourth-order valence-electron chi connectivity index (χ4n) is 2.09. The van der Waals surface area contributed by atoms with Crippen molar-refractivity contribution in [3.8, 4) is 0 Å². The Kier molecular flexibility index (Phi) is 8.26. The lowest BCUT2D eigenvalue weighted by Crippen LogP contribution is -2.31. The smallest absolute Gasteiger partial charge is 0.127 e. The Bertz CT molecular complexity index is 373. The molecule has 1 aromatic rings. The third-order valence-corrected chi connectivity index (χ3v) is 3.51. The van der Waals surface area contributed by atoms with Gasteiger partial charge < -0.3 is 10.1 Å². The van der Waals surface area contributed by atoms with Gasteiger partial charge in [-0.1, -0.05) is 28.9 Å². The molecule has 0 radical (unpaired) electrons. The second kappa shape index (κ2) is 9.45. The second-order valence-corrected chi connectivity index (χ2v) is 5.45. The predicted molar refractivity (Wildman–Crippen MR) is 81.0 cm³/mol. The molecule has 1 aromatic carbocycles. The van der Waals surface area contributed by atoms with Crippen LogP contribution in [0.3, 0.4) is 0 Å². The zero-order valence-corrected chi connectivity index (χ0v) is 13.3. The molecule has 19 heavy (non-hydrogen) atoms. The third-order valence-electron chi connectivity index (χ3n) is 3.02. The summed E-state index contributed by atoms with van der Waals surface area (Å²) < 4.78 is 19.9. The van der Waals surface area contributed by atoms with Crippen LogP contribution in [0.2, 0.25) is 0 Å². The van der Waals surface area contributed by atoms with Gasteiger partial charge in [0.05, 0.1) is 0 Å². The van der Waals surface area contributed by atoms with Gasteiger partial charge in [-0.25, -0.2) is 4.39 Å². The number of likely N-dealkylation sites (N-methyl/N-ethyl adjacent to an activating group) is 1. The van der Waals surface area contributed by atoms with Gasteiger partial charge in [-0.15, -0.1) is 0 Å². The van der Waals surface area contributed by atoms with Gasteiger partial charge in [0.1, 0.15) is 5.82 Å². The maximum atomic E-state index is 13.8. The molecule has 1 atom stereocenters. The summed E-state index contributed by atoms with van der Waals surface area (Å²) in [4.78, 5) is 0. The van der Waals surface area contributed by atoms with Crippen LogP contribution in [0.4, 0.5) is 4.39 Å². The normalized spacial score (nSPS) is 12.6. The number of hydrogen-bond donors (Lipinski definition) is 1. The second-order valence-electron chi connectivity index (χ2n) is 4.53. The van der Waals surface area contributed by atoms with Crippen molar-refractivity contribution in [2.24, 2.45) is 0 Å². The first kappa shape index (κ1) is 16.6. The Balaban J connectivity index is 2.51. The van der Waals surface area contributed by atoms with E-state index in [2.05, 4.69) is 28.2 Å². The van der Waals surface area contributed by atoms with Crippen molar-refractivity contribution < 1.29 is 9.13 Å². The molecule has 4 heteroatoms. The molecule has 0 bridgehead atoms. The molecule has 1 rings (SSSR count). The Morgan fingerprint density at radius 3 is 2.79 bits per heavy atom. The summed E-state index contributed by atoms with van der Waals surface area (Å²) in [6.45, 7) is 6.51. The van der Waals surface area contributed by atoms with Crippen LogP contribution in [0.1, 0.15) is 32.3 Å². The number of benzene rings is 1. The minimum Gasteiger partial charge on any atom is -0.382 e. The van der Waals surface area contributed by atoms with Crippen LogP contribution >= 0.6 is 15.9 Å². The van der Waals surface area contributed by atoms with E-state index in [0.29, 0.717) is 6.04 Å². The Labute approximate surface area is 123 Å². The van der Waals surface area contributed by atoms with Crippen molar-refractivity contribution >= 4 is 15.9 Å². The van der Waals surface area contributed by atoms with Gasteiger partial charge in [0.15, 0.2) is 0 Å². The molecule has 0 saturated heterocycles. The quantitative estimate of drug-likeness (QED) is 0.692. The fourth-order valence-corrected chi connectivity index (χ4v) is 2.43. The molecule has 0 amide bonds. The minimum atomic E-state index is -0.137. The van der Waals surface area contributed by atoms with Crippen molar-refractivity contribution in [2.75, 3.05) is 19.8 Å². The molecular formula is C15H23BrFNO. The average molecular weight is 332 g/mol. The molecule has 0 saturated carbocycles. The average Bonchev–Trinajstić information content (AvgIpc) is 2.38.